The van der Waals surface area contributed by atoms with Crippen molar-refractivity contribution in [3.05, 3.63) is 11.6 Å². The molecule has 2 aliphatic rings. The first-order chi connectivity index (χ1) is 6.79. The zero-order valence-electron chi connectivity index (χ0n) is 10.7. The van der Waals surface area contributed by atoms with Crippen LogP contribution in [0.5, 0.6) is 0 Å². The third-order valence-electron chi connectivity index (χ3n) is 3.61. The van der Waals surface area contributed by atoms with Crippen molar-refractivity contribution in [3.8, 4) is 0 Å². The molecule has 2 fully saturated rings. The monoisotopic (exact) mass is 211 g/mol. The molecular formula is C13H25NO. The number of hydrogen-bond acceptors (Lipinski definition) is 2. The summed E-state index contributed by atoms with van der Waals surface area (Å²) in [6, 6.07) is 0. The number of aliphatic hydroxyl groups is 1. The van der Waals surface area contributed by atoms with Crippen LogP contribution in [0.15, 0.2) is 11.6 Å². The molecule has 0 aromatic heterocycles. The summed E-state index contributed by atoms with van der Waals surface area (Å²) in [5.74, 6) is 0.604. The Morgan fingerprint density at radius 2 is 2.07 bits per heavy atom. The Balaban J connectivity index is 0.000000150. The number of piperidine rings is 1. The predicted octanol–water partition coefficient (Wildman–Crippen LogP) is 2.69. The quantitative estimate of drug-likeness (QED) is 0.604. The van der Waals surface area contributed by atoms with Gasteiger partial charge in [0.1, 0.15) is 5.72 Å². The van der Waals surface area contributed by atoms with E-state index >= 15 is 0 Å². The largest absolute Gasteiger partial charge is 0.376 e. The molecule has 15 heavy (non-hydrogen) atoms. The molecule has 2 rings (SSSR count). The smallest absolute Gasteiger partial charge is 0.119 e. The average Bonchev–Trinajstić information content (AvgIpc) is 2.63. The maximum absolute atomic E-state index is 9.16. The summed E-state index contributed by atoms with van der Waals surface area (Å²) in [7, 11) is 0. The van der Waals surface area contributed by atoms with Gasteiger partial charge in [0, 0.05) is 5.92 Å². The van der Waals surface area contributed by atoms with Gasteiger partial charge in [-0.3, -0.25) is 5.32 Å². The van der Waals surface area contributed by atoms with Crippen molar-refractivity contribution in [3.63, 3.8) is 0 Å². The lowest BCUT2D eigenvalue weighted by atomic mass is 9.88. The highest BCUT2D eigenvalue weighted by atomic mass is 16.3. The second kappa shape index (κ2) is 4.26. The van der Waals surface area contributed by atoms with Gasteiger partial charge in [0.25, 0.3) is 0 Å². The van der Waals surface area contributed by atoms with Crippen molar-refractivity contribution >= 4 is 0 Å². The SMILES string of the molecule is CC=C(C)C(C)(C)C.OC12CC1CCN2. The predicted molar refractivity (Wildman–Crippen MR) is 64.6 cm³/mol. The zero-order chi connectivity index (χ0) is 11.7. The fourth-order valence-electron chi connectivity index (χ4n) is 1.77. The van der Waals surface area contributed by atoms with Crippen LogP contribution in [0.4, 0.5) is 0 Å². The number of hydrogen-bond donors (Lipinski definition) is 2. The fraction of sp³-hybridized carbons (Fsp3) is 0.846. The summed E-state index contributed by atoms with van der Waals surface area (Å²) in [6.07, 6.45) is 4.34. The molecule has 0 aromatic carbocycles. The van der Waals surface area contributed by atoms with E-state index in [1.54, 1.807) is 0 Å². The second-order valence-electron chi connectivity index (χ2n) is 5.76. The third kappa shape index (κ3) is 3.32. The molecule has 1 aliphatic carbocycles. The van der Waals surface area contributed by atoms with Crippen LogP contribution >= 0.6 is 0 Å². The molecule has 1 heterocycles. The minimum atomic E-state index is -0.389. The van der Waals surface area contributed by atoms with E-state index in [1.165, 1.54) is 12.0 Å². The van der Waals surface area contributed by atoms with E-state index < -0.39 is 0 Å². The molecule has 2 heteroatoms. The number of allylic oxidation sites excluding steroid dienone is 2. The first-order valence-electron chi connectivity index (χ1n) is 5.90. The molecular weight excluding hydrogens is 186 g/mol. The summed E-state index contributed by atoms with van der Waals surface area (Å²) >= 11 is 0. The highest BCUT2D eigenvalue weighted by molar-refractivity contribution is 5.06. The summed E-state index contributed by atoms with van der Waals surface area (Å²) in [5.41, 5.74) is 1.44. The molecule has 2 N–H and O–H groups in total. The maximum Gasteiger partial charge on any atom is 0.119 e. The molecule has 88 valence electrons. The van der Waals surface area contributed by atoms with Crippen molar-refractivity contribution < 1.29 is 5.11 Å². The number of fused-ring (bicyclic) bond motifs is 1. The summed E-state index contributed by atoms with van der Waals surface area (Å²) in [4.78, 5) is 0. The van der Waals surface area contributed by atoms with Crippen LogP contribution in [0.1, 0.15) is 47.5 Å². The summed E-state index contributed by atoms with van der Waals surface area (Å²) in [5, 5.41) is 12.2. The van der Waals surface area contributed by atoms with Crippen molar-refractivity contribution in [1.29, 1.82) is 0 Å². The van der Waals surface area contributed by atoms with E-state index in [0.717, 1.165) is 13.0 Å². The molecule has 2 atom stereocenters. The Bertz CT molecular complexity index is 250. The van der Waals surface area contributed by atoms with E-state index in [2.05, 4.69) is 46.0 Å². The number of nitrogens with one attached hydrogen (secondary N) is 1. The molecule has 0 bridgehead atoms. The first-order valence-corrected chi connectivity index (χ1v) is 5.90. The summed E-state index contributed by atoms with van der Waals surface area (Å²) < 4.78 is 0. The van der Waals surface area contributed by atoms with E-state index in [1.807, 2.05) is 0 Å². The van der Waals surface area contributed by atoms with Gasteiger partial charge < -0.3 is 5.11 Å². The van der Waals surface area contributed by atoms with E-state index in [9.17, 15) is 0 Å². The Kier molecular flexibility index (Phi) is 3.62. The highest BCUT2D eigenvalue weighted by Gasteiger charge is 2.55. The van der Waals surface area contributed by atoms with Crippen LogP contribution < -0.4 is 5.32 Å². The Hall–Kier alpha value is -0.340. The van der Waals surface area contributed by atoms with Gasteiger partial charge in [0.05, 0.1) is 0 Å². The Morgan fingerprint density at radius 3 is 2.13 bits per heavy atom. The lowest BCUT2D eigenvalue weighted by Crippen LogP contribution is -2.26. The van der Waals surface area contributed by atoms with Gasteiger partial charge in [-0.05, 0) is 38.6 Å². The van der Waals surface area contributed by atoms with Crippen molar-refractivity contribution in [2.45, 2.75) is 53.2 Å². The van der Waals surface area contributed by atoms with Crippen LogP contribution in [0.2, 0.25) is 0 Å². The lowest BCUT2D eigenvalue weighted by molar-refractivity contribution is 0.118. The van der Waals surface area contributed by atoms with Crippen molar-refractivity contribution in [2.24, 2.45) is 11.3 Å². The van der Waals surface area contributed by atoms with Crippen molar-refractivity contribution in [1.82, 2.24) is 5.32 Å². The third-order valence-corrected chi connectivity index (χ3v) is 3.61. The van der Waals surface area contributed by atoms with Gasteiger partial charge in [-0.1, -0.05) is 32.4 Å². The van der Waals surface area contributed by atoms with E-state index in [-0.39, 0.29) is 5.72 Å². The topological polar surface area (TPSA) is 32.3 Å². The molecule has 0 spiro atoms. The molecule has 1 saturated carbocycles. The molecule has 0 amide bonds. The zero-order valence-corrected chi connectivity index (χ0v) is 10.7. The lowest BCUT2D eigenvalue weighted by Gasteiger charge is -2.18. The Labute approximate surface area is 93.8 Å². The Morgan fingerprint density at radius 1 is 1.47 bits per heavy atom. The molecule has 2 unspecified atom stereocenters. The van der Waals surface area contributed by atoms with E-state index in [4.69, 9.17) is 5.11 Å². The molecule has 2 nitrogen and oxygen atoms in total. The minimum Gasteiger partial charge on any atom is -0.376 e. The van der Waals surface area contributed by atoms with Crippen LogP contribution in [0, 0.1) is 11.3 Å². The molecule has 0 radical (unpaired) electrons. The molecule has 0 aromatic rings. The van der Waals surface area contributed by atoms with Gasteiger partial charge in [-0.2, -0.15) is 0 Å². The minimum absolute atomic E-state index is 0.370. The van der Waals surface area contributed by atoms with Gasteiger partial charge in [-0.25, -0.2) is 0 Å². The normalized spacial score (nSPS) is 34.3. The second-order valence-corrected chi connectivity index (χ2v) is 5.76. The maximum atomic E-state index is 9.16. The van der Waals surface area contributed by atoms with Crippen molar-refractivity contribution in [2.75, 3.05) is 6.54 Å². The van der Waals surface area contributed by atoms with Gasteiger partial charge >= 0.3 is 0 Å². The standard InChI is InChI=1S/C8H16.C5H9NO/c1-6-7(2)8(3,4)5;7-5-3-4(5)1-2-6-5/h6H,1-5H3;4,6-7H,1-3H2. The number of rotatable bonds is 0. The van der Waals surface area contributed by atoms with Crippen LogP contribution in [-0.4, -0.2) is 17.4 Å². The molecule has 1 saturated heterocycles. The average molecular weight is 211 g/mol. The van der Waals surface area contributed by atoms with Crippen LogP contribution in [0.3, 0.4) is 0 Å². The molecule has 1 aliphatic heterocycles. The summed E-state index contributed by atoms with van der Waals surface area (Å²) in [6.45, 7) is 11.9. The van der Waals surface area contributed by atoms with Gasteiger partial charge in [-0.15, -0.1) is 0 Å². The van der Waals surface area contributed by atoms with Gasteiger partial charge in [0.15, 0.2) is 0 Å². The van der Waals surface area contributed by atoms with Crippen LogP contribution in [0.25, 0.3) is 0 Å². The highest BCUT2D eigenvalue weighted by Crippen LogP contribution is 2.46. The van der Waals surface area contributed by atoms with Gasteiger partial charge in [0.2, 0.25) is 0 Å². The fourth-order valence-corrected chi connectivity index (χ4v) is 1.77. The van der Waals surface area contributed by atoms with E-state index in [0.29, 0.717) is 11.3 Å². The first kappa shape index (κ1) is 12.7. The van der Waals surface area contributed by atoms with Crippen LogP contribution in [-0.2, 0) is 0 Å².